The Labute approximate surface area is 147 Å². The maximum absolute atomic E-state index is 12.4. The van der Waals surface area contributed by atoms with Crippen molar-refractivity contribution < 1.29 is 18.0 Å². The van der Waals surface area contributed by atoms with Crippen molar-refractivity contribution in [2.75, 3.05) is 29.4 Å². The summed E-state index contributed by atoms with van der Waals surface area (Å²) in [7, 11) is -3.36. The summed E-state index contributed by atoms with van der Waals surface area (Å²) in [5.74, 6) is 0.235. The summed E-state index contributed by atoms with van der Waals surface area (Å²) < 4.78 is 25.0. The summed E-state index contributed by atoms with van der Waals surface area (Å²) in [6, 6.07) is 6.61. The molecule has 136 valence electrons. The van der Waals surface area contributed by atoms with Crippen molar-refractivity contribution in [1.29, 1.82) is 0 Å². The van der Waals surface area contributed by atoms with E-state index < -0.39 is 10.0 Å². The molecule has 2 aliphatic rings. The van der Waals surface area contributed by atoms with Gasteiger partial charge in [0.25, 0.3) is 0 Å². The van der Waals surface area contributed by atoms with Gasteiger partial charge in [-0.05, 0) is 43.9 Å². The van der Waals surface area contributed by atoms with Gasteiger partial charge in [-0.3, -0.25) is 14.3 Å². The normalized spacial score (nSPS) is 18.7. The van der Waals surface area contributed by atoms with Gasteiger partial charge in [-0.2, -0.15) is 0 Å². The highest BCUT2D eigenvalue weighted by Gasteiger charge is 2.35. The maximum atomic E-state index is 12.4. The van der Waals surface area contributed by atoms with Gasteiger partial charge in [0.05, 0.1) is 11.9 Å². The van der Waals surface area contributed by atoms with E-state index in [1.165, 1.54) is 0 Å². The topological polar surface area (TPSA) is 95.6 Å². The molecule has 1 aromatic carbocycles. The number of hydrogen-bond acceptors (Lipinski definition) is 4. The largest absolute Gasteiger partial charge is 0.342 e. The fourth-order valence-electron chi connectivity index (χ4n) is 3.07. The Morgan fingerprint density at radius 2 is 1.68 bits per heavy atom. The third-order valence-electron chi connectivity index (χ3n) is 4.54. The average molecular weight is 365 g/mol. The van der Waals surface area contributed by atoms with Crippen molar-refractivity contribution in [1.82, 2.24) is 4.90 Å². The van der Waals surface area contributed by atoms with Gasteiger partial charge in [-0.1, -0.05) is 6.07 Å². The van der Waals surface area contributed by atoms with Crippen LogP contribution in [0.15, 0.2) is 24.3 Å². The molecule has 1 saturated heterocycles. The molecule has 1 aliphatic carbocycles. The number of rotatable bonds is 5. The van der Waals surface area contributed by atoms with E-state index in [0.717, 1.165) is 19.1 Å². The summed E-state index contributed by atoms with van der Waals surface area (Å²) in [4.78, 5) is 26.4. The lowest BCUT2D eigenvalue weighted by atomic mass is 9.95. The Morgan fingerprint density at radius 3 is 2.28 bits per heavy atom. The van der Waals surface area contributed by atoms with Gasteiger partial charge >= 0.3 is 0 Å². The second-order valence-electron chi connectivity index (χ2n) is 6.82. The number of anilines is 2. The Hall–Kier alpha value is -2.09. The summed E-state index contributed by atoms with van der Waals surface area (Å²) in [5, 5.41) is 2.84. The molecule has 0 bridgehead atoms. The van der Waals surface area contributed by atoms with Crippen molar-refractivity contribution in [3.8, 4) is 0 Å². The van der Waals surface area contributed by atoms with E-state index >= 15 is 0 Å². The predicted molar refractivity (Wildman–Crippen MR) is 95.6 cm³/mol. The van der Waals surface area contributed by atoms with Crippen LogP contribution in [0, 0.1) is 11.8 Å². The molecule has 3 rings (SSSR count). The zero-order valence-corrected chi connectivity index (χ0v) is 15.0. The van der Waals surface area contributed by atoms with Crippen LogP contribution in [0.3, 0.4) is 0 Å². The van der Waals surface area contributed by atoms with Gasteiger partial charge in [-0.15, -0.1) is 0 Å². The first kappa shape index (κ1) is 17.7. The molecule has 8 heteroatoms. The zero-order chi connectivity index (χ0) is 18.0. The van der Waals surface area contributed by atoms with Crippen LogP contribution in [-0.4, -0.2) is 44.5 Å². The SMILES string of the molecule is CS(=O)(=O)Nc1cccc(NC(=O)C2CCN(C(=O)C3CC3)CC2)c1. The molecule has 2 amide bonds. The number of nitrogens with one attached hydrogen (secondary N) is 2. The quantitative estimate of drug-likeness (QED) is 0.829. The van der Waals surface area contributed by atoms with Crippen molar-refractivity contribution >= 4 is 33.2 Å². The van der Waals surface area contributed by atoms with Gasteiger partial charge in [0.15, 0.2) is 0 Å². The third-order valence-corrected chi connectivity index (χ3v) is 5.14. The van der Waals surface area contributed by atoms with E-state index in [1.54, 1.807) is 24.3 Å². The molecule has 7 nitrogen and oxygen atoms in total. The van der Waals surface area contributed by atoms with E-state index in [2.05, 4.69) is 10.0 Å². The highest BCUT2D eigenvalue weighted by atomic mass is 32.2. The number of nitrogens with zero attached hydrogens (tertiary/aromatic N) is 1. The van der Waals surface area contributed by atoms with Crippen LogP contribution < -0.4 is 10.0 Å². The predicted octanol–water partition coefficient (Wildman–Crippen LogP) is 1.65. The van der Waals surface area contributed by atoms with Crippen LogP contribution >= 0.6 is 0 Å². The molecular weight excluding hydrogens is 342 g/mol. The number of likely N-dealkylation sites (tertiary alicyclic amines) is 1. The monoisotopic (exact) mass is 365 g/mol. The first-order valence-electron chi connectivity index (χ1n) is 8.49. The second kappa shape index (κ2) is 7.03. The lowest BCUT2D eigenvalue weighted by molar-refractivity contribution is -0.135. The number of piperidine rings is 1. The first-order chi connectivity index (χ1) is 11.8. The van der Waals surface area contributed by atoms with Crippen molar-refractivity contribution in [3.63, 3.8) is 0 Å². The van der Waals surface area contributed by atoms with Crippen LogP contribution in [0.4, 0.5) is 11.4 Å². The standard InChI is InChI=1S/C17H23N3O4S/c1-25(23,24)19-15-4-2-3-14(11-15)18-16(21)12-7-9-20(10-8-12)17(22)13-5-6-13/h2-4,11-13,19H,5-10H2,1H3,(H,18,21). The first-order valence-corrected chi connectivity index (χ1v) is 10.4. The van der Waals surface area contributed by atoms with E-state index in [4.69, 9.17) is 0 Å². The average Bonchev–Trinajstić information content (AvgIpc) is 3.38. The van der Waals surface area contributed by atoms with E-state index in [-0.39, 0.29) is 23.7 Å². The molecule has 1 heterocycles. The highest BCUT2D eigenvalue weighted by molar-refractivity contribution is 7.92. The molecule has 0 atom stereocenters. The summed E-state index contributed by atoms with van der Waals surface area (Å²) in [6.07, 6.45) is 4.39. The molecule has 1 aromatic rings. The number of hydrogen-bond donors (Lipinski definition) is 2. The summed E-state index contributed by atoms with van der Waals surface area (Å²) in [6.45, 7) is 1.26. The molecule has 0 spiro atoms. The number of sulfonamides is 1. The Bertz CT molecular complexity index is 766. The van der Waals surface area contributed by atoms with E-state index in [0.29, 0.717) is 37.3 Å². The van der Waals surface area contributed by atoms with E-state index in [1.807, 2.05) is 4.90 Å². The fraction of sp³-hybridized carbons (Fsp3) is 0.529. The molecule has 0 radical (unpaired) electrons. The summed E-state index contributed by atoms with van der Waals surface area (Å²) >= 11 is 0. The van der Waals surface area contributed by atoms with Crippen molar-refractivity contribution in [2.24, 2.45) is 11.8 Å². The molecule has 1 saturated carbocycles. The lowest BCUT2D eigenvalue weighted by Gasteiger charge is -2.31. The molecule has 2 fully saturated rings. The third kappa shape index (κ3) is 4.94. The van der Waals surface area contributed by atoms with Gasteiger partial charge in [0, 0.05) is 30.6 Å². The number of amides is 2. The second-order valence-corrected chi connectivity index (χ2v) is 8.57. The molecule has 1 aliphatic heterocycles. The van der Waals surface area contributed by atoms with Crippen LogP contribution in [-0.2, 0) is 19.6 Å². The van der Waals surface area contributed by atoms with Gasteiger partial charge < -0.3 is 10.2 Å². The maximum Gasteiger partial charge on any atom is 0.229 e. The molecule has 2 N–H and O–H groups in total. The Kier molecular flexibility index (Phi) is 4.99. The lowest BCUT2D eigenvalue weighted by Crippen LogP contribution is -2.42. The van der Waals surface area contributed by atoms with E-state index in [9.17, 15) is 18.0 Å². The van der Waals surface area contributed by atoms with Crippen LogP contribution in [0.2, 0.25) is 0 Å². The highest BCUT2D eigenvalue weighted by Crippen LogP contribution is 2.32. The fourth-order valence-corrected chi connectivity index (χ4v) is 3.62. The number of carbonyl (C=O) groups excluding carboxylic acids is 2. The zero-order valence-electron chi connectivity index (χ0n) is 14.2. The smallest absolute Gasteiger partial charge is 0.229 e. The molecule has 0 aromatic heterocycles. The molecule has 0 unspecified atom stereocenters. The number of benzene rings is 1. The van der Waals surface area contributed by atoms with Crippen LogP contribution in [0.25, 0.3) is 0 Å². The summed E-state index contributed by atoms with van der Waals surface area (Å²) in [5.41, 5.74) is 0.959. The van der Waals surface area contributed by atoms with Gasteiger partial charge in [0.2, 0.25) is 21.8 Å². The molecular formula is C17H23N3O4S. The number of carbonyl (C=O) groups is 2. The molecule has 25 heavy (non-hydrogen) atoms. The van der Waals surface area contributed by atoms with Gasteiger partial charge in [0.1, 0.15) is 0 Å². The van der Waals surface area contributed by atoms with Crippen LogP contribution in [0.5, 0.6) is 0 Å². The Balaban J connectivity index is 1.54. The van der Waals surface area contributed by atoms with Crippen molar-refractivity contribution in [2.45, 2.75) is 25.7 Å². The minimum Gasteiger partial charge on any atom is -0.342 e. The van der Waals surface area contributed by atoms with Gasteiger partial charge in [-0.25, -0.2) is 8.42 Å². The minimum atomic E-state index is -3.36. The minimum absolute atomic E-state index is 0.0879. The van der Waals surface area contributed by atoms with Crippen molar-refractivity contribution in [3.05, 3.63) is 24.3 Å². The van der Waals surface area contributed by atoms with Crippen LogP contribution in [0.1, 0.15) is 25.7 Å². The Morgan fingerprint density at radius 1 is 1.04 bits per heavy atom.